The second-order valence-corrected chi connectivity index (χ2v) is 4.51. The topological polar surface area (TPSA) is 154 Å². The Morgan fingerprint density at radius 1 is 0.833 bits per heavy atom. The van der Waals surface area contributed by atoms with E-state index in [0.717, 1.165) is 0 Å². The molecular formula is C13H22N4O7. The van der Waals surface area contributed by atoms with Crippen LogP contribution in [0.3, 0.4) is 0 Å². The molecule has 3 N–H and O–H groups in total. The summed E-state index contributed by atoms with van der Waals surface area (Å²) < 4.78 is 9.47. The lowest BCUT2D eigenvalue weighted by Gasteiger charge is -2.21. The zero-order valence-corrected chi connectivity index (χ0v) is 13.8. The van der Waals surface area contributed by atoms with Crippen molar-refractivity contribution in [1.82, 2.24) is 4.90 Å². The van der Waals surface area contributed by atoms with Crippen molar-refractivity contribution in [2.75, 3.05) is 32.8 Å². The van der Waals surface area contributed by atoms with Gasteiger partial charge >= 0.3 is 11.9 Å². The molecule has 24 heavy (non-hydrogen) atoms. The van der Waals surface area contributed by atoms with Crippen LogP contribution in [0.4, 0.5) is 0 Å². The Morgan fingerprint density at radius 2 is 1.25 bits per heavy atom. The highest BCUT2D eigenvalue weighted by Gasteiger charge is 2.23. The molecule has 0 aliphatic carbocycles. The van der Waals surface area contributed by atoms with Gasteiger partial charge in [-0.05, 0) is 20.8 Å². The molecule has 0 atom stereocenters. The molecule has 0 unspecified atom stereocenters. The first kappa shape index (κ1) is 21.3. The van der Waals surface area contributed by atoms with E-state index in [1.54, 1.807) is 13.8 Å². The summed E-state index contributed by atoms with van der Waals surface area (Å²) in [6, 6.07) is 0. The standard InChI is InChI=1S/C13H22N4O7/c1-4-23-12(18)10(15-21)7-17(6-9(3)14-20)8-11(16-22)13(19)24-5-2/h20-22H,4-8H2,1-3H3/b14-9-,15-10-,16-11+. The fourth-order valence-electron chi connectivity index (χ4n) is 1.65. The average molecular weight is 346 g/mol. The third-order valence-electron chi connectivity index (χ3n) is 2.63. The van der Waals surface area contributed by atoms with Gasteiger partial charge < -0.3 is 25.1 Å². The summed E-state index contributed by atoms with van der Waals surface area (Å²) in [5.41, 5.74) is -0.412. The molecular weight excluding hydrogens is 324 g/mol. The molecule has 0 fully saturated rings. The summed E-state index contributed by atoms with van der Waals surface area (Å²) in [5.74, 6) is -1.69. The number of esters is 2. The third-order valence-corrected chi connectivity index (χ3v) is 2.63. The second-order valence-electron chi connectivity index (χ2n) is 4.51. The van der Waals surface area contributed by atoms with Crippen molar-refractivity contribution in [3.05, 3.63) is 0 Å². The van der Waals surface area contributed by atoms with Gasteiger partial charge in [0.15, 0.2) is 11.4 Å². The van der Waals surface area contributed by atoms with Crippen molar-refractivity contribution in [1.29, 1.82) is 0 Å². The molecule has 0 aromatic carbocycles. The first-order valence-electron chi connectivity index (χ1n) is 7.09. The molecule has 0 saturated carbocycles. The molecule has 11 nitrogen and oxygen atoms in total. The quantitative estimate of drug-likeness (QED) is 0.215. The van der Waals surface area contributed by atoms with Crippen LogP contribution in [0, 0.1) is 0 Å². The van der Waals surface area contributed by atoms with Gasteiger partial charge in [-0.3, -0.25) is 4.90 Å². The van der Waals surface area contributed by atoms with E-state index in [4.69, 9.17) is 25.1 Å². The van der Waals surface area contributed by atoms with Crippen LogP contribution in [-0.2, 0) is 19.1 Å². The van der Waals surface area contributed by atoms with Crippen molar-refractivity contribution in [3.63, 3.8) is 0 Å². The van der Waals surface area contributed by atoms with Crippen molar-refractivity contribution in [3.8, 4) is 0 Å². The molecule has 0 amide bonds. The van der Waals surface area contributed by atoms with Crippen LogP contribution in [0.2, 0.25) is 0 Å². The van der Waals surface area contributed by atoms with E-state index >= 15 is 0 Å². The van der Waals surface area contributed by atoms with Crippen LogP contribution in [-0.4, -0.2) is 82.4 Å². The Labute approximate surface area is 138 Å². The summed E-state index contributed by atoms with van der Waals surface area (Å²) in [7, 11) is 0. The number of hydrogen-bond donors (Lipinski definition) is 3. The molecule has 0 radical (unpaired) electrons. The molecule has 0 saturated heterocycles. The first-order chi connectivity index (χ1) is 11.4. The normalized spacial score (nSPS) is 13.1. The van der Waals surface area contributed by atoms with Crippen molar-refractivity contribution in [2.24, 2.45) is 15.5 Å². The Balaban J connectivity index is 5.23. The van der Waals surface area contributed by atoms with Crippen LogP contribution in [0.1, 0.15) is 20.8 Å². The molecule has 0 aromatic rings. The summed E-state index contributed by atoms with van der Waals surface area (Å²) in [6.45, 7) is 4.33. The molecule has 0 aliphatic heterocycles. The zero-order chi connectivity index (χ0) is 18.5. The molecule has 0 aliphatic rings. The largest absolute Gasteiger partial charge is 0.461 e. The Hall–Kier alpha value is -2.69. The van der Waals surface area contributed by atoms with Crippen molar-refractivity contribution >= 4 is 29.1 Å². The van der Waals surface area contributed by atoms with Gasteiger partial charge in [0, 0.05) is 6.54 Å². The monoisotopic (exact) mass is 346 g/mol. The first-order valence-corrected chi connectivity index (χ1v) is 7.09. The average Bonchev–Trinajstić information content (AvgIpc) is 2.56. The highest BCUT2D eigenvalue weighted by Crippen LogP contribution is 1.98. The van der Waals surface area contributed by atoms with Gasteiger partial charge in [-0.1, -0.05) is 15.5 Å². The maximum Gasteiger partial charge on any atom is 0.357 e. The lowest BCUT2D eigenvalue weighted by Crippen LogP contribution is -2.42. The number of rotatable bonds is 10. The number of carbonyl (C=O) groups excluding carboxylic acids is 2. The minimum atomic E-state index is -0.845. The predicted molar refractivity (Wildman–Crippen MR) is 83.0 cm³/mol. The summed E-state index contributed by atoms with van der Waals surface area (Å²) in [6.07, 6.45) is 0. The van der Waals surface area contributed by atoms with Crippen LogP contribution in [0.15, 0.2) is 15.5 Å². The molecule has 0 bridgehead atoms. The van der Waals surface area contributed by atoms with E-state index < -0.39 is 11.9 Å². The van der Waals surface area contributed by atoms with E-state index in [9.17, 15) is 9.59 Å². The minimum absolute atomic E-state index is 0.00660. The molecule has 0 aromatic heterocycles. The number of nitrogens with zero attached hydrogens (tertiary/aromatic N) is 4. The predicted octanol–water partition coefficient (Wildman–Crippen LogP) is -0.0749. The van der Waals surface area contributed by atoms with Gasteiger partial charge in [0.05, 0.1) is 32.0 Å². The Kier molecular flexibility index (Phi) is 10.5. The maximum atomic E-state index is 11.7. The smallest absolute Gasteiger partial charge is 0.357 e. The van der Waals surface area contributed by atoms with Gasteiger partial charge in [-0.25, -0.2) is 9.59 Å². The highest BCUT2D eigenvalue weighted by molar-refractivity contribution is 6.38. The van der Waals surface area contributed by atoms with Gasteiger partial charge in [-0.2, -0.15) is 0 Å². The van der Waals surface area contributed by atoms with E-state index in [2.05, 4.69) is 15.5 Å². The third kappa shape index (κ3) is 7.54. The molecule has 0 spiro atoms. The molecule has 0 rings (SSSR count). The minimum Gasteiger partial charge on any atom is -0.461 e. The lowest BCUT2D eigenvalue weighted by molar-refractivity contribution is -0.136. The zero-order valence-electron chi connectivity index (χ0n) is 13.8. The second kappa shape index (κ2) is 11.8. The molecule has 0 heterocycles. The highest BCUT2D eigenvalue weighted by atomic mass is 16.5. The SMILES string of the molecule is CCOC(=O)/C(CN(C/C(C)=N\O)C/C(=N\O)C(=O)OCC)=N\O. The Morgan fingerprint density at radius 3 is 1.54 bits per heavy atom. The number of carbonyl (C=O) groups is 2. The fourth-order valence-corrected chi connectivity index (χ4v) is 1.65. The van der Waals surface area contributed by atoms with E-state index in [-0.39, 0.29) is 50.0 Å². The van der Waals surface area contributed by atoms with Gasteiger partial charge in [0.1, 0.15) is 0 Å². The molecule has 136 valence electrons. The van der Waals surface area contributed by atoms with E-state index in [1.165, 1.54) is 11.8 Å². The lowest BCUT2D eigenvalue weighted by atomic mass is 10.2. The number of ether oxygens (including phenoxy) is 2. The van der Waals surface area contributed by atoms with Crippen LogP contribution in [0.5, 0.6) is 0 Å². The van der Waals surface area contributed by atoms with E-state index in [0.29, 0.717) is 0 Å². The van der Waals surface area contributed by atoms with Gasteiger partial charge in [-0.15, -0.1) is 0 Å². The van der Waals surface area contributed by atoms with Crippen LogP contribution < -0.4 is 0 Å². The van der Waals surface area contributed by atoms with E-state index in [1.807, 2.05) is 0 Å². The molecule has 11 heteroatoms. The summed E-state index contributed by atoms with van der Waals surface area (Å²) >= 11 is 0. The fraction of sp³-hybridized carbons (Fsp3) is 0.615. The summed E-state index contributed by atoms with van der Waals surface area (Å²) in [4.78, 5) is 24.7. The number of oxime groups is 3. The van der Waals surface area contributed by atoms with Gasteiger partial charge in [0.25, 0.3) is 0 Å². The maximum absolute atomic E-state index is 11.7. The van der Waals surface area contributed by atoms with Crippen LogP contribution in [0.25, 0.3) is 0 Å². The van der Waals surface area contributed by atoms with Crippen molar-refractivity contribution in [2.45, 2.75) is 20.8 Å². The number of hydrogen-bond acceptors (Lipinski definition) is 11. The van der Waals surface area contributed by atoms with Crippen molar-refractivity contribution < 1.29 is 34.7 Å². The van der Waals surface area contributed by atoms with Gasteiger partial charge in [0.2, 0.25) is 0 Å². The Bertz CT molecular complexity index is 480. The van der Waals surface area contributed by atoms with Crippen LogP contribution >= 0.6 is 0 Å². The summed E-state index contributed by atoms with van der Waals surface area (Å²) in [5, 5.41) is 35.4.